The Morgan fingerprint density at radius 2 is 1.57 bits per heavy atom. The summed E-state index contributed by atoms with van der Waals surface area (Å²) < 4.78 is 16.5. The third-order valence-corrected chi connectivity index (χ3v) is 8.57. The van der Waals surface area contributed by atoms with Crippen LogP contribution < -0.4 is 25.0 Å². The first-order valence-electron chi connectivity index (χ1n) is 14.8. The van der Waals surface area contributed by atoms with Gasteiger partial charge >= 0.3 is 0 Å². The second-order valence-electron chi connectivity index (χ2n) is 11.3. The molecule has 1 aromatic heterocycles. The number of amides is 1. The molecule has 1 aliphatic rings. The predicted molar refractivity (Wildman–Crippen MR) is 174 cm³/mol. The van der Waals surface area contributed by atoms with Crippen molar-refractivity contribution in [2.45, 2.75) is 32.7 Å². The number of benzene rings is 4. The fourth-order valence-corrected chi connectivity index (χ4v) is 6.18. The van der Waals surface area contributed by atoms with Crippen LogP contribution in [0.1, 0.15) is 27.8 Å². The van der Waals surface area contributed by atoms with E-state index in [2.05, 4.69) is 39.5 Å². The molecule has 0 spiro atoms. The van der Waals surface area contributed by atoms with Crippen LogP contribution in [0.15, 0.2) is 71.5 Å². The number of hydrogen-bond donors (Lipinski definition) is 2. The standard InChI is InChI=1S/C36H37N3O5/c1-22-17-23(13-15-39-16-14-24-18-31(43-3)32(44-4)19-26(24)21-39)11-12-29(22)37-33(40)20-25-7-5-8-27-34(25)38-35-28(36(27)41)9-6-10-30(35)42-2/h5-12,17-19H,13-16,20-21H2,1-4H3,(H,37,40)(H,38,41). The summed E-state index contributed by atoms with van der Waals surface area (Å²) in [5.74, 6) is 1.99. The largest absolute Gasteiger partial charge is 0.495 e. The lowest BCUT2D eigenvalue weighted by Crippen LogP contribution is -2.32. The highest BCUT2D eigenvalue weighted by atomic mass is 16.5. The van der Waals surface area contributed by atoms with Gasteiger partial charge in [0.05, 0.1) is 38.8 Å². The van der Waals surface area contributed by atoms with E-state index in [9.17, 15) is 9.59 Å². The lowest BCUT2D eigenvalue weighted by atomic mass is 9.98. The van der Waals surface area contributed by atoms with Crippen molar-refractivity contribution in [1.82, 2.24) is 9.88 Å². The molecule has 226 valence electrons. The number of nitrogens with zero attached hydrogens (tertiary/aromatic N) is 1. The number of ether oxygens (including phenoxy) is 3. The van der Waals surface area contributed by atoms with E-state index in [0.29, 0.717) is 27.6 Å². The quantitative estimate of drug-likeness (QED) is 0.211. The molecule has 0 saturated carbocycles. The molecule has 1 amide bonds. The number of para-hydroxylation sites is 2. The van der Waals surface area contributed by atoms with Gasteiger partial charge in [-0.15, -0.1) is 0 Å². The number of aromatic amines is 1. The summed E-state index contributed by atoms with van der Waals surface area (Å²) in [5, 5.41) is 4.18. The van der Waals surface area contributed by atoms with Crippen LogP contribution in [0.5, 0.6) is 17.2 Å². The third-order valence-electron chi connectivity index (χ3n) is 8.57. The molecule has 0 fully saturated rings. The van der Waals surface area contributed by atoms with Crippen molar-refractivity contribution in [2.75, 3.05) is 39.7 Å². The van der Waals surface area contributed by atoms with E-state index in [4.69, 9.17) is 14.2 Å². The number of fused-ring (bicyclic) bond motifs is 3. The normalized spacial score (nSPS) is 13.1. The average molecular weight is 592 g/mol. The lowest BCUT2D eigenvalue weighted by Gasteiger charge is -2.29. The molecule has 0 radical (unpaired) electrons. The Bertz CT molecular complexity index is 1930. The molecule has 6 rings (SSSR count). The molecule has 0 saturated heterocycles. The molecule has 8 heteroatoms. The molecule has 2 heterocycles. The number of pyridine rings is 1. The summed E-state index contributed by atoms with van der Waals surface area (Å²) >= 11 is 0. The van der Waals surface area contributed by atoms with Gasteiger partial charge in [-0.3, -0.25) is 14.5 Å². The summed E-state index contributed by atoms with van der Waals surface area (Å²) in [6, 6.07) is 21.3. The number of hydrogen-bond acceptors (Lipinski definition) is 6. The van der Waals surface area contributed by atoms with E-state index in [1.807, 2.05) is 31.2 Å². The summed E-state index contributed by atoms with van der Waals surface area (Å²) in [6.07, 6.45) is 2.02. The molecule has 0 unspecified atom stereocenters. The SMILES string of the molecule is COc1cc2c(cc1OC)CN(CCc1ccc(NC(=O)Cc3cccc4c(=O)c5cccc(OC)c5[nH]c34)c(C)c1)CC2. The van der Waals surface area contributed by atoms with Gasteiger partial charge < -0.3 is 24.5 Å². The number of methoxy groups -OCH3 is 3. The van der Waals surface area contributed by atoms with Gasteiger partial charge in [0, 0.05) is 36.1 Å². The van der Waals surface area contributed by atoms with Crippen LogP contribution in [-0.2, 0) is 30.6 Å². The second kappa shape index (κ2) is 12.4. The molecule has 8 nitrogen and oxygen atoms in total. The first kappa shape index (κ1) is 29.3. The highest BCUT2D eigenvalue weighted by Gasteiger charge is 2.20. The van der Waals surface area contributed by atoms with Crippen molar-refractivity contribution in [3.8, 4) is 17.2 Å². The van der Waals surface area contributed by atoms with Crippen LogP contribution in [0.25, 0.3) is 21.8 Å². The molecule has 5 aromatic rings. The van der Waals surface area contributed by atoms with E-state index in [1.54, 1.807) is 39.5 Å². The van der Waals surface area contributed by atoms with Crippen LogP contribution in [-0.4, -0.2) is 50.2 Å². The minimum Gasteiger partial charge on any atom is -0.495 e. The number of H-pyrrole nitrogens is 1. The van der Waals surface area contributed by atoms with E-state index in [0.717, 1.165) is 60.8 Å². The van der Waals surface area contributed by atoms with Gasteiger partial charge in [0.15, 0.2) is 16.9 Å². The fraction of sp³-hybridized carbons (Fsp3) is 0.278. The number of rotatable bonds is 9. The molecular weight excluding hydrogens is 554 g/mol. The van der Waals surface area contributed by atoms with Crippen LogP contribution in [0.3, 0.4) is 0 Å². The summed E-state index contributed by atoms with van der Waals surface area (Å²) in [4.78, 5) is 32.3. The fourth-order valence-electron chi connectivity index (χ4n) is 6.18. The minimum absolute atomic E-state index is 0.0879. The third kappa shape index (κ3) is 5.73. The van der Waals surface area contributed by atoms with Crippen LogP contribution in [0.4, 0.5) is 5.69 Å². The maximum Gasteiger partial charge on any atom is 0.228 e. The molecule has 0 bridgehead atoms. The zero-order valence-corrected chi connectivity index (χ0v) is 25.6. The average Bonchev–Trinajstić information content (AvgIpc) is 3.04. The van der Waals surface area contributed by atoms with E-state index >= 15 is 0 Å². The van der Waals surface area contributed by atoms with E-state index in [-0.39, 0.29) is 17.8 Å². The summed E-state index contributed by atoms with van der Waals surface area (Å²) in [5.41, 5.74) is 7.56. The molecule has 44 heavy (non-hydrogen) atoms. The number of aryl methyl sites for hydroxylation is 1. The van der Waals surface area contributed by atoms with Crippen LogP contribution in [0.2, 0.25) is 0 Å². The zero-order valence-electron chi connectivity index (χ0n) is 25.6. The molecule has 2 N–H and O–H groups in total. The van der Waals surface area contributed by atoms with Crippen molar-refractivity contribution in [3.05, 3.63) is 105 Å². The van der Waals surface area contributed by atoms with Gasteiger partial charge in [-0.2, -0.15) is 0 Å². The Hall–Kier alpha value is -4.82. The number of nitrogens with one attached hydrogen (secondary N) is 2. The van der Waals surface area contributed by atoms with Crippen LogP contribution >= 0.6 is 0 Å². The lowest BCUT2D eigenvalue weighted by molar-refractivity contribution is -0.115. The van der Waals surface area contributed by atoms with Crippen molar-refractivity contribution in [1.29, 1.82) is 0 Å². The first-order valence-corrected chi connectivity index (χ1v) is 14.8. The van der Waals surface area contributed by atoms with Crippen molar-refractivity contribution < 1.29 is 19.0 Å². The van der Waals surface area contributed by atoms with Crippen molar-refractivity contribution in [3.63, 3.8) is 0 Å². The van der Waals surface area contributed by atoms with Gasteiger partial charge in [-0.1, -0.05) is 30.3 Å². The summed E-state index contributed by atoms with van der Waals surface area (Å²) in [7, 11) is 4.92. The first-order chi connectivity index (χ1) is 21.4. The van der Waals surface area contributed by atoms with Crippen molar-refractivity contribution >= 4 is 33.4 Å². The number of aromatic nitrogens is 1. The Kier molecular flexibility index (Phi) is 8.26. The maximum absolute atomic E-state index is 13.2. The van der Waals surface area contributed by atoms with Crippen LogP contribution in [0, 0.1) is 6.92 Å². The summed E-state index contributed by atoms with van der Waals surface area (Å²) in [6.45, 7) is 4.84. The molecule has 4 aromatic carbocycles. The minimum atomic E-state index is -0.145. The van der Waals surface area contributed by atoms with Gasteiger partial charge in [0.2, 0.25) is 5.91 Å². The van der Waals surface area contributed by atoms with Crippen molar-refractivity contribution in [2.24, 2.45) is 0 Å². The van der Waals surface area contributed by atoms with Gasteiger partial charge in [0.25, 0.3) is 0 Å². The molecular formula is C36H37N3O5. The van der Waals surface area contributed by atoms with Gasteiger partial charge in [-0.25, -0.2) is 0 Å². The monoisotopic (exact) mass is 591 g/mol. The Morgan fingerprint density at radius 1 is 0.864 bits per heavy atom. The predicted octanol–water partition coefficient (Wildman–Crippen LogP) is 5.80. The molecule has 1 aliphatic heterocycles. The number of anilines is 1. The molecule has 0 atom stereocenters. The van der Waals surface area contributed by atoms with E-state index in [1.165, 1.54) is 16.7 Å². The highest BCUT2D eigenvalue weighted by Crippen LogP contribution is 2.33. The van der Waals surface area contributed by atoms with E-state index < -0.39 is 0 Å². The molecule has 0 aliphatic carbocycles. The Labute approximate surface area is 256 Å². The Balaban J connectivity index is 1.12. The Morgan fingerprint density at radius 3 is 2.30 bits per heavy atom. The smallest absolute Gasteiger partial charge is 0.228 e. The zero-order chi connectivity index (χ0) is 30.8. The van der Waals surface area contributed by atoms with Gasteiger partial charge in [0.1, 0.15) is 5.75 Å². The second-order valence-corrected chi connectivity index (χ2v) is 11.3. The number of carbonyl (C=O) groups excluding carboxylic acids is 1. The highest BCUT2D eigenvalue weighted by molar-refractivity contribution is 5.99. The maximum atomic E-state index is 13.2. The van der Waals surface area contributed by atoms with Gasteiger partial charge in [-0.05, 0) is 84.0 Å². The topological polar surface area (TPSA) is 92.9 Å². The number of carbonyl (C=O) groups is 1.